The van der Waals surface area contributed by atoms with Crippen LogP contribution < -0.4 is 10.6 Å². The number of ether oxygens (including phenoxy) is 2. The van der Waals surface area contributed by atoms with Crippen LogP contribution in [0.1, 0.15) is 47.1 Å². The molecule has 27 heavy (non-hydrogen) atoms. The lowest BCUT2D eigenvalue weighted by Crippen LogP contribution is -2.53. The summed E-state index contributed by atoms with van der Waals surface area (Å²) in [6, 6.07) is 1.78. The van der Waals surface area contributed by atoms with E-state index in [1.54, 1.807) is 59.1 Å². The summed E-state index contributed by atoms with van der Waals surface area (Å²) in [6.07, 6.45) is 2.51. The Balaban J connectivity index is 2.60. The summed E-state index contributed by atoms with van der Waals surface area (Å²) in [5, 5.41) is 5.07. The van der Waals surface area contributed by atoms with Gasteiger partial charge in [0.2, 0.25) is 5.91 Å². The van der Waals surface area contributed by atoms with Gasteiger partial charge in [0, 0.05) is 12.4 Å². The van der Waals surface area contributed by atoms with Crippen LogP contribution in [0, 0.1) is 5.92 Å². The smallest absolute Gasteiger partial charge is 0.408 e. The zero-order chi connectivity index (χ0) is 20.6. The molecule has 8 heteroatoms. The van der Waals surface area contributed by atoms with E-state index in [0.717, 1.165) is 5.56 Å². The number of carbonyl (C=O) groups excluding carboxylic acids is 3. The average Bonchev–Trinajstić information content (AvgIpc) is 2.56. The topological polar surface area (TPSA) is 107 Å². The SMILES string of the molecule is CC(C)[C@H](NC(=O)[C@H](C)NC(=O)OC(C)(C)C)C(=O)OCc1ccncc1. The first kappa shape index (κ1) is 22.4. The first-order chi connectivity index (χ1) is 12.5. The molecule has 2 N–H and O–H groups in total. The second-order valence-electron chi connectivity index (χ2n) is 7.56. The fraction of sp³-hybridized carbons (Fsp3) is 0.579. The van der Waals surface area contributed by atoms with E-state index in [1.165, 1.54) is 6.92 Å². The molecule has 1 rings (SSSR count). The van der Waals surface area contributed by atoms with Gasteiger partial charge in [-0.2, -0.15) is 0 Å². The zero-order valence-corrected chi connectivity index (χ0v) is 16.7. The number of hydrogen-bond acceptors (Lipinski definition) is 6. The first-order valence-electron chi connectivity index (χ1n) is 8.85. The largest absolute Gasteiger partial charge is 0.459 e. The minimum absolute atomic E-state index is 0.0894. The highest BCUT2D eigenvalue weighted by Gasteiger charge is 2.29. The molecule has 0 aliphatic rings. The van der Waals surface area contributed by atoms with Gasteiger partial charge in [-0.15, -0.1) is 0 Å². The maximum atomic E-state index is 12.4. The molecule has 8 nitrogen and oxygen atoms in total. The summed E-state index contributed by atoms with van der Waals surface area (Å²) in [5.41, 5.74) is 0.129. The van der Waals surface area contributed by atoms with Crippen molar-refractivity contribution in [1.29, 1.82) is 0 Å². The Labute approximate surface area is 160 Å². The van der Waals surface area contributed by atoms with Crippen molar-refractivity contribution in [3.63, 3.8) is 0 Å². The highest BCUT2D eigenvalue weighted by atomic mass is 16.6. The third-order valence-corrected chi connectivity index (χ3v) is 3.48. The van der Waals surface area contributed by atoms with E-state index in [1.807, 2.05) is 0 Å². The maximum Gasteiger partial charge on any atom is 0.408 e. The second-order valence-corrected chi connectivity index (χ2v) is 7.56. The Kier molecular flexibility index (Phi) is 8.21. The lowest BCUT2D eigenvalue weighted by atomic mass is 10.0. The van der Waals surface area contributed by atoms with E-state index in [2.05, 4.69) is 15.6 Å². The minimum Gasteiger partial charge on any atom is -0.459 e. The average molecular weight is 379 g/mol. The molecule has 2 atom stereocenters. The van der Waals surface area contributed by atoms with Crippen molar-refractivity contribution < 1.29 is 23.9 Å². The summed E-state index contributed by atoms with van der Waals surface area (Å²) in [5.74, 6) is -1.23. The molecule has 2 amide bonds. The molecule has 0 bridgehead atoms. The van der Waals surface area contributed by atoms with Crippen LogP contribution in [0.25, 0.3) is 0 Å². The number of aromatic nitrogens is 1. The van der Waals surface area contributed by atoms with Crippen molar-refractivity contribution in [3.05, 3.63) is 30.1 Å². The van der Waals surface area contributed by atoms with E-state index in [9.17, 15) is 14.4 Å². The lowest BCUT2D eigenvalue weighted by molar-refractivity contribution is -0.150. The van der Waals surface area contributed by atoms with E-state index < -0.39 is 35.7 Å². The van der Waals surface area contributed by atoms with Gasteiger partial charge < -0.3 is 20.1 Å². The number of nitrogens with one attached hydrogen (secondary N) is 2. The zero-order valence-electron chi connectivity index (χ0n) is 16.7. The van der Waals surface area contributed by atoms with Gasteiger partial charge in [-0.3, -0.25) is 9.78 Å². The third-order valence-electron chi connectivity index (χ3n) is 3.48. The fourth-order valence-electron chi connectivity index (χ4n) is 2.05. The molecule has 0 aliphatic heterocycles. The number of alkyl carbamates (subject to hydrolysis) is 1. The Morgan fingerprint density at radius 2 is 1.67 bits per heavy atom. The van der Waals surface area contributed by atoms with Crippen molar-refractivity contribution >= 4 is 18.0 Å². The van der Waals surface area contributed by atoms with Crippen LogP contribution in [0.3, 0.4) is 0 Å². The lowest BCUT2D eigenvalue weighted by Gasteiger charge is -2.24. The van der Waals surface area contributed by atoms with E-state index in [-0.39, 0.29) is 12.5 Å². The number of amides is 2. The molecule has 0 saturated heterocycles. The number of pyridine rings is 1. The normalized spacial score (nSPS) is 13.4. The summed E-state index contributed by atoms with van der Waals surface area (Å²) in [6.45, 7) is 10.4. The van der Waals surface area contributed by atoms with Gasteiger partial charge in [0.15, 0.2) is 0 Å². The number of hydrogen-bond donors (Lipinski definition) is 2. The molecule has 1 aromatic heterocycles. The van der Waals surface area contributed by atoms with E-state index in [0.29, 0.717) is 0 Å². The summed E-state index contributed by atoms with van der Waals surface area (Å²) in [7, 11) is 0. The summed E-state index contributed by atoms with van der Waals surface area (Å²) >= 11 is 0. The predicted molar refractivity (Wildman–Crippen MR) is 99.6 cm³/mol. The van der Waals surface area contributed by atoms with Crippen molar-refractivity contribution in [2.24, 2.45) is 5.92 Å². The standard InChI is InChI=1S/C19H29N3O5/c1-12(2)15(17(24)26-11-14-7-9-20-10-8-14)22-16(23)13(3)21-18(25)27-19(4,5)6/h7-10,12-13,15H,11H2,1-6H3,(H,21,25)(H,22,23)/t13-,15-/m0/s1. The molecule has 1 heterocycles. The fourth-order valence-corrected chi connectivity index (χ4v) is 2.05. The highest BCUT2D eigenvalue weighted by molar-refractivity contribution is 5.89. The van der Waals surface area contributed by atoms with Crippen LogP contribution >= 0.6 is 0 Å². The molecular formula is C19H29N3O5. The molecular weight excluding hydrogens is 350 g/mol. The van der Waals surface area contributed by atoms with Crippen molar-refractivity contribution in [1.82, 2.24) is 15.6 Å². The monoisotopic (exact) mass is 379 g/mol. The molecule has 0 aliphatic carbocycles. The molecule has 0 saturated carbocycles. The molecule has 0 radical (unpaired) electrons. The molecule has 0 aromatic carbocycles. The molecule has 1 aromatic rings. The quantitative estimate of drug-likeness (QED) is 0.703. The Morgan fingerprint density at radius 1 is 1.07 bits per heavy atom. The van der Waals surface area contributed by atoms with Gasteiger partial charge in [0.05, 0.1) is 0 Å². The number of rotatable bonds is 7. The Hall–Kier alpha value is -2.64. The van der Waals surface area contributed by atoms with Crippen molar-refractivity contribution in [2.45, 2.75) is 65.8 Å². The summed E-state index contributed by atoms with van der Waals surface area (Å²) < 4.78 is 10.4. The van der Waals surface area contributed by atoms with Gasteiger partial charge in [-0.25, -0.2) is 9.59 Å². The van der Waals surface area contributed by atoms with Crippen LogP contribution in [-0.2, 0) is 25.7 Å². The van der Waals surface area contributed by atoms with Crippen LogP contribution in [0.15, 0.2) is 24.5 Å². The molecule has 150 valence electrons. The van der Waals surface area contributed by atoms with Gasteiger partial charge in [0.1, 0.15) is 24.3 Å². The second kappa shape index (κ2) is 9.89. The Bertz CT molecular complexity index is 640. The third kappa shape index (κ3) is 8.52. The maximum absolute atomic E-state index is 12.4. The van der Waals surface area contributed by atoms with Gasteiger partial charge in [0.25, 0.3) is 0 Å². The number of nitrogens with zero attached hydrogens (tertiary/aromatic N) is 1. The van der Waals surface area contributed by atoms with Gasteiger partial charge in [-0.05, 0) is 51.3 Å². The van der Waals surface area contributed by atoms with Gasteiger partial charge in [-0.1, -0.05) is 13.8 Å². The summed E-state index contributed by atoms with van der Waals surface area (Å²) in [4.78, 5) is 40.4. The van der Waals surface area contributed by atoms with E-state index >= 15 is 0 Å². The van der Waals surface area contributed by atoms with Crippen LogP contribution in [0.5, 0.6) is 0 Å². The van der Waals surface area contributed by atoms with Crippen molar-refractivity contribution in [3.8, 4) is 0 Å². The molecule has 0 fully saturated rings. The number of esters is 1. The molecule has 0 unspecified atom stereocenters. The number of carbonyl (C=O) groups is 3. The minimum atomic E-state index is -0.867. The van der Waals surface area contributed by atoms with Crippen LogP contribution in [0.2, 0.25) is 0 Å². The van der Waals surface area contributed by atoms with Crippen LogP contribution in [-0.4, -0.2) is 40.6 Å². The Morgan fingerprint density at radius 3 is 2.19 bits per heavy atom. The van der Waals surface area contributed by atoms with Gasteiger partial charge >= 0.3 is 12.1 Å². The first-order valence-corrected chi connectivity index (χ1v) is 8.85. The van der Waals surface area contributed by atoms with E-state index in [4.69, 9.17) is 9.47 Å². The van der Waals surface area contributed by atoms with Crippen molar-refractivity contribution in [2.75, 3.05) is 0 Å². The predicted octanol–water partition coefficient (Wildman–Crippen LogP) is 2.18. The highest BCUT2D eigenvalue weighted by Crippen LogP contribution is 2.09. The molecule has 0 spiro atoms. The van der Waals surface area contributed by atoms with Crippen LogP contribution in [0.4, 0.5) is 4.79 Å².